The monoisotopic (exact) mass is 346 g/mol. The van der Waals surface area contributed by atoms with Gasteiger partial charge in [0, 0.05) is 5.69 Å². The molecular formula is C9H10N6O5S2. The molecule has 0 aromatic carbocycles. The zero-order valence-electron chi connectivity index (χ0n) is 11.3. The smallest absolute Gasteiger partial charge is 0.310 e. The fourth-order valence-electron chi connectivity index (χ4n) is 1.55. The van der Waals surface area contributed by atoms with Crippen molar-refractivity contribution in [3.63, 3.8) is 0 Å². The lowest BCUT2D eigenvalue weighted by Gasteiger charge is -2.07. The molecule has 2 amide bonds. The zero-order chi connectivity index (χ0) is 16.5. The fourth-order valence-corrected chi connectivity index (χ4v) is 3.29. The van der Waals surface area contributed by atoms with Crippen molar-refractivity contribution in [1.82, 2.24) is 24.9 Å². The lowest BCUT2D eigenvalue weighted by atomic mass is 10.4. The highest BCUT2D eigenvalue weighted by Crippen LogP contribution is 2.13. The molecule has 0 aliphatic carbocycles. The Balaban J connectivity index is 2.27. The van der Waals surface area contributed by atoms with Crippen molar-refractivity contribution in [1.29, 1.82) is 0 Å². The van der Waals surface area contributed by atoms with E-state index in [4.69, 9.17) is 0 Å². The number of anilines is 1. The first-order chi connectivity index (χ1) is 10.2. The van der Waals surface area contributed by atoms with E-state index in [-0.39, 0.29) is 10.8 Å². The van der Waals surface area contributed by atoms with Crippen LogP contribution in [0.15, 0.2) is 14.5 Å². The Hall–Kier alpha value is -2.54. The van der Waals surface area contributed by atoms with Crippen molar-refractivity contribution in [2.45, 2.75) is 18.7 Å². The van der Waals surface area contributed by atoms with Crippen LogP contribution < -0.4 is 21.3 Å². The molecule has 2 heterocycles. The molecule has 2 rings (SSSR count). The number of aromatic nitrogens is 4. The summed E-state index contributed by atoms with van der Waals surface area (Å²) >= 11 is 1.04. The third-order valence-electron chi connectivity index (χ3n) is 2.32. The molecule has 11 nitrogen and oxygen atoms in total. The van der Waals surface area contributed by atoms with Gasteiger partial charge in [-0.1, -0.05) is 11.3 Å². The Labute approximate surface area is 126 Å². The van der Waals surface area contributed by atoms with Gasteiger partial charge in [0.25, 0.3) is 15.6 Å². The van der Waals surface area contributed by atoms with Crippen LogP contribution in [0.25, 0.3) is 0 Å². The number of aryl methyl sites for hydroxylation is 2. The molecule has 0 unspecified atom stereocenters. The van der Waals surface area contributed by atoms with Crippen molar-refractivity contribution in [3.8, 4) is 0 Å². The molecule has 2 aromatic rings. The van der Waals surface area contributed by atoms with Gasteiger partial charge in [0.05, 0.1) is 0 Å². The molecule has 2 aromatic heterocycles. The molecule has 13 heteroatoms. The summed E-state index contributed by atoms with van der Waals surface area (Å²) < 4.78 is 25.7. The van der Waals surface area contributed by atoms with Crippen LogP contribution in [0.2, 0.25) is 0 Å². The van der Waals surface area contributed by atoms with Crippen LogP contribution in [0, 0.1) is 13.8 Å². The molecule has 118 valence electrons. The second-order valence-corrected chi connectivity index (χ2v) is 6.85. The number of sulfonamides is 1. The summed E-state index contributed by atoms with van der Waals surface area (Å²) in [7, 11) is -4.47. The number of nitrogens with zero attached hydrogens (tertiary/aromatic N) is 2. The summed E-state index contributed by atoms with van der Waals surface area (Å²) in [5.74, 6) is 0. The minimum Gasteiger partial charge on any atom is -0.310 e. The van der Waals surface area contributed by atoms with E-state index >= 15 is 0 Å². The number of urea groups is 1. The lowest BCUT2D eigenvalue weighted by Crippen LogP contribution is -2.39. The quantitative estimate of drug-likeness (QED) is 0.555. The van der Waals surface area contributed by atoms with Crippen LogP contribution in [-0.2, 0) is 10.0 Å². The standard InChI is InChI=1S/C9H10N6O5S2/c1-3-5(6(16)11-7(17)10-3)22(19,20)15-8(18)12-9-14-13-4(2)21-9/h1-2H3,(H2,10,11,16,17)(H2,12,14,15,18). The highest BCUT2D eigenvalue weighted by atomic mass is 32.2. The highest BCUT2D eigenvalue weighted by Gasteiger charge is 2.25. The van der Waals surface area contributed by atoms with Gasteiger partial charge in [-0.05, 0) is 13.8 Å². The largest absolute Gasteiger partial charge is 0.334 e. The summed E-state index contributed by atoms with van der Waals surface area (Å²) in [4.78, 5) is 37.4. The van der Waals surface area contributed by atoms with Gasteiger partial charge in [0.2, 0.25) is 5.13 Å². The Morgan fingerprint density at radius 1 is 1.18 bits per heavy atom. The van der Waals surface area contributed by atoms with Gasteiger partial charge in [0.1, 0.15) is 5.01 Å². The number of carbonyl (C=O) groups is 1. The topological polar surface area (TPSA) is 167 Å². The number of carbonyl (C=O) groups excluding carboxylic acids is 1. The predicted octanol–water partition coefficient (Wildman–Crippen LogP) is -0.958. The van der Waals surface area contributed by atoms with Crippen molar-refractivity contribution in [3.05, 3.63) is 31.5 Å². The number of hydrogen-bond donors (Lipinski definition) is 4. The number of amides is 2. The van der Waals surface area contributed by atoms with Crippen LogP contribution in [-0.4, -0.2) is 34.6 Å². The van der Waals surface area contributed by atoms with Crippen LogP contribution in [0.3, 0.4) is 0 Å². The van der Waals surface area contributed by atoms with Crippen LogP contribution >= 0.6 is 11.3 Å². The molecule has 0 fully saturated rings. The summed E-state index contributed by atoms with van der Waals surface area (Å²) in [5.41, 5.74) is -2.18. The normalized spacial score (nSPS) is 11.2. The SMILES string of the molecule is Cc1nnc(NC(=O)NS(=O)(=O)c2c(C)[nH]c(=O)[nH]c2=O)s1. The van der Waals surface area contributed by atoms with Crippen LogP contribution in [0.5, 0.6) is 0 Å². The molecule has 0 spiro atoms. The fraction of sp³-hybridized carbons (Fsp3) is 0.222. The molecule has 0 aliphatic rings. The number of hydrogen-bond acceptors (Lipinski definition) is 8. The Morgan fingerprint density at radius 2 is 1.86 bits per heavy atom. The Bertz CT molecular complexity index is 940. The minimum absolute atomic E-state index is 0.0947. The molecule has 0 saturated carbocycles. The molecule has 0 aliphatic heterocycles. The Morgan fingerprint density at radius 3 is 2.41 bits per heavy atom. The first-order valence-electron chi connectivity index (χ1n) is 5.66. The van der Waals surface area contributed by atoms with Crippen molar-refractivity contribution in [2.24, 2.45) is 0 Å². The third-order valence-corrected chi connectivity index (χ3v) is 4.55. The van der Waals surface area contributed by atoms with Gasteiger partial charge >= 0.3 is 11.7 Å². The molecule has 4 N–H and O–H groups in total. The van der Waals surface area contributed by atoms with Gasteiger partial charge < -0.3 is 4.98 Å². The van der Waals surface area contributed by atoms with Gasteiger partial charge in [-0.3, -0.25) is 15.1 Å². The van der Waals surface area contributed by atoms with Crippen LogP contribution in [0.1, 0.15) is 10.7 Å². The molecule has 0 radical (unpaired) electrons. The minimum atomic E-state index is -4.47. The van der Waals surface area contributed by atoms with Crippen molar-refractivity contribution in [2.75, 3.05) is 5.32 Å². The highest BCUT2D eigenvalue weighted by molar-refractivity contribution is 7.90. The van der Waals surface area contributed by atoms with Gasteiger partial charge in [-0.15, -0.1) is 10.2 Å². The van der Waals surface area contributed by atoms with E-state index in [1.54, 1.807) is 16.6 Å². The molecule has 22 heavy (non-hydrogen) atoms. The zero-order valence-corrected chi connectivity index (χ0v) is 12.9. The van der Waals surface area contributed by atoms with Gasteiger partial charge in [-0.2, -0.15) is 0 Å². The second-order valence-electron chi connectivity index (χ2n) is 4.05. The average Bonchev–Trinajstić information content (AvgIpc) is 2.71. The third kappa shape index (κ3) is 3.37. The molecule has 0 bridgehead atoms. The maximum atomic E-state index is 12.0. The number of nitrogens with one attached hydrogen (secondary N) is 4. The summed E-state index contributed by atoms with van der Waals surface area (Å²) in [6, 6.07) is -1.11. The average molecular weight is 346 g/mol. The van der Waals surface area contributed by atoms with E-state index in [0.717, 1.165) is 11.3 Å². The van der Waals surface area contributed by atoms with E-state index < -0.39 is 32.2 Å². The lowest BCUT2D eigenvalue weighted by molar-refractivity contribution is 0.256. The van der Waals surface area contributed by atoms with Gasteiger partial charge in [-0.25, -0.2) is 22.7 Å². The Kier molecular flexibility index (Phi) is 4.09. The molecule has 0 saturated heterocycles. The van der Waals surface area contributed by atoms with Crippen molar-refractivity contribution < 1.29 is 13.2 Å². The van der Waals surface area contributed by atoms with E-state index in [2.05, 4.69) is 20.5 Å². The van der Waals surface area contributed by atoms with Crippen molar-refractivity contribution >= 4 is 32.5 Å². The maximum Gasteiger partial charge on any atom is 0.334 e. The van der Waals surface area contributed by atoms with E-state index in [9.17, 15) is 22.8 Å². The van der Waals surface area contributed by atoms with Gasteiger partial charge in [0.15, 0.2) is 4.90 Å². The number of rotatable bonds is 3. The van der Waals surface area contributed by atoms with Crippen LogP contribution in [0.4, 0.5) is 9.93 Å². The number of H-pyrrole nitrogens is 2. The molecular weight excluding hydrogens is 336 g/mol. The second kappa shape index (κ2) is 5.69. The van der Waals surface area contributed by atoms with E-state index in [1.807, 2.05) is 0 Å². The summed E-state index contributed by atoms with van der Waals surface area (Å²) in [6.07, 6.45) is 0. The summed E-state index contributed by atoms with van der Waals surface area (Å²) in [6.45, 7) is 2.87. The van der Waals surface area contributed by atoms with E-state index in [1.165, 1.54) is 6.92 Å². The van der Waals surface area contributed by atoms with E-state index in [0.29, 0.717) is 5.01 Å². The summed E-state index contributed by atoms with van der Waals surface area (Å²) in [5, 5.41) is 10.1. The first-order valence-corrected chi connectivity index (χ1v) is 7.96. The predicted molar refractivity (Wildman–Crippen MR) is 76.4 cm³/mol. The maximum absolute atomic E-state index is 12.0. The molecule has 0 atom stereocenters. The first kappa shape index (κ1) is 15.8. The number of aromatic amines is 2.